The van der Waals surface area contributed by atoms with Crippen LogP contribution in [0.15, 0.2) is 42.6 Å². The maximum absolute atomic E-state index is 12.6. The van der Waals surface area contributed by atoms with Crippen molar-refractivity contribution in [2.45, 2.75) is 19.8 Å². The van der Waals surface area contributed by atoms with Crippen LogP contribution in [0, 0.1) is 0 Å². The van der Waals surface area contributed by atoms with Gasteiger partial charge in [0.15, 0.2) is 0 Å². The maximum Gasteiger partial charge on any atom is 0.255 e. The molecule has 0 bridgehead atoms. The zero-order chi connectivity index (χ0) is 20.3. The van der Waals surface area contributed by atoms with Crippen molar-refractivity contribution in [3.8, 4) is 5.75 Å². The zero-order valence-electron chi connectivity index (χ0n) is 17.0. The van der Waals surface area contributed by atoms with E-state index in [0.29, 0.717) is 24.5 Å². The topological polar surface area (TPSA) is 75.7 Å². The Balaban J connectivity index is 1.47. The number of pyridine rings is 1. The average Bonchev–Trinajstić information content (AvgIpc) is 2.76. The van der Waals surface area contributed by atoms with Crippen LogP contribution in [-0.4, -0.2) is 61.8 Å². The highest BCUT2D eigenvalue weighted by molar-refractivity contribution is 5.99. The molecule has 7 heteroatoms. The monoisotopic (exact) mass is 398 g/mol. The normalized spacial score (nSPS) is 14.4. The van der Waals surface area contributed by atoms with E-state index in [1.807, 2.05) is 31.2 Å². The highest BCUT2D eigenvalue weighted by Gasteiger charge is 2.13. The van der Waals surface area contributed by atoms with Crippen LogP contribution < -0.4 is 15.4 Å². The summed E-state index contributed by atoms with van der Waals surface area (Å²) in [6, 6.07) is 11.2. The van der Waals surface area contributed by atoms with Crippen LogP contribution in [0.2, 0.25) is 0 Å². The fraction of sp³-hybridized carbons (Fsp3) is 0.455. The number of rotatable bonds is 10. The Bertz CT molecular complexity index is 761. The Kier molecular flexibility index (Phi) is 8.27. The van der Waals surface area contributed by atoms with Gasteiger partial charge in [-0.05, 0) is 62.7 Å². The summed E-state index contributed by atoms with van der Waals surface area (Å²) in [6.07, 6.45) is 3.69. The maximum atomic E-state index is 12.6. The van der Waals surface area contributed by atoms with Gasteiger partial charge in [-0.1, -0.05) is 0 Å². The Hall–Kier alpha value is -2.64. The third-order valence-electron chi connectivity index (χ3n) is 4.77. The van der Waals surface area contributed by atoms with Crippen LogP contribution in [-0.2, 0) is 4.74 Å². The van der Waals surface area contributed by atoms with E-state index in [4.69, 9.17) is 9.47 Å². The van der Waals surface area contributed by atoms with Crippen LogP contribution in [0.5, 0.6) is 5.75 Å². The molecule has 1 amide bonds. The molecule has 0 spiro atoms. The van der Waals surface area contributed by atoms with Gasteiger partial charge < -0.3 is 20.1 Å². The molecule has 2 N–H and O–H groups in total. The lowest BCUT2D eigenvalue weighted by Gasteiger charge is -2.26. The quantitative estimate of drug-likeness (QED) is 0.599. The third kappa shape index (κ3) is 6.73. The molecule has 2 heterocycles. The molecular weight excluding hydrogens is 368 g/mol. The average molecular weight is 399 g/mol. The minimum Gasteiger partial charge on any atom is -0.494 e. The van der Waals surface area contributed by atoms with Crippen molar-refractivity contribution in [3.05, 3.63) is 48.2 Å². The fourth-order valence-corrected chi connectivity index (χ4v) is 3.21. The van der Waals surface area contributed by atoms with Gasteiger partial charge in [-0.15, -0.1) is 0 Å². The standard InChI is InChI=1S/C22H30N4O3/c1-2-29-19-9-7-18(8-10-19)25-21-20(6-5-12-23-21)22(27)24-11-3-4-13-26-14-16-28-17-15-26/h5-10,12H,2-4,11,13-17H2,1H3,(H,23,25)(H,24,27). The van der Waals surface area contributed by atoms with Crippen LogP contribution in [0.1, 0.15) is 30.1 Å². The fourth-order valence-electron chi connectivity index (χ4n) is 3.21. The molecular formula is C22H30N4O3. The van der Waals surface area contributed by atoms with Gasteiger partial charge in [-0.2, -0.15) is 0 Å². The molecule has 3 rings (SSSR count). The molecule has 0 atom stereocenters. The van der Waals surface area contributed by atoms with Crippen molar-refractivity contribution >= 4 is 17.4 Å². The largest absolute Gasteiger partial charge is 0.494 e. The molecule has 156 valence electrons. The zero-order valence-corrected chi connectivity index (χ0v) is 17.0. The van der Waals surface area contributed by atoms with Crippen molar-refractivity contribution in [3.63, 3.8) is 0 Å². The number of ether oxygens (including phenoxy) is 2. The number of nitrogens with one attached hydrogen (secondary N) is 2. The number of hydrogen-bond acceptors (Lipinski definition) is 6. The van der Waals surface area contributed by atoms with E-state index in [2.05, 4.69) is 20.5 Å². The number of morpholine rings is 1. The predicted octanol–water partition coefficient (Wildman–Crippen LogP) is 3.07. The number of carbonyl (C=O) groups is 1. The molecule has 1 fully saturated rings. The number of unbranched alkanes of at least 4 members (excludes halogenated alkanes) is 1. The molecule has 2 aromatic rings. The van der Waals surface area contributed by atoms with Crippen LogP contribution in [0.4, 0.5) is 11.5 Å². The highest BCUT2D eigenvalue weighted by atomic mass is 16.5. The molecule has 0 radical (unpaired) electrons. The number of amides is 1. The van der Waals surface area contributed by atoms with E-state index in [9.17, 15) is 4.79 Å². The summed E-state index contributed by atoms with van der Waals surface area (Å²) in [5.74, 6) is 1.24. The smallest absolute Gasteiger partial charge is 0.255 e. The molecule has 7 nitrogen and oxygen atoms in total. The van der Waals surface area contributed by atoms with Crippen LogP contribution in [0.25, 0.3) is 0 Å². The van der Waals surface area contributed by atoms with Gasteiger partial charge in [0, 0.05) is 31.5 Å². The van der Waals surface area contributed by atoms with Gasteiger partial charge in [-0.3, -0.25) is 9.69 Å². The van der Waals surface area contributed by atoms with E-state index in [1.54, 1.807) is 18.3 Å². The van der Waals surface area contributed by atoms with Crippen molar-refractivity contribution in [1.29, 1.82) is 0 Å². The second-order valence-corrected chi connectivity index (χ2v) is 6.90. The van der Waals surface area contributed by atoms with E-state index in [-0.39, 0.29) is 5.91 Å². The first kappa shape index (κ1) is 21.1. The van der Waals surface area contributed by atoms with Gasteiger partial charge in [0.2, 0.25) is 0 Å². The van der Waals surface area contributed by atoms with Gasteiger partial charge in [0.25, 0.3) is 5.91 Å². The first-order chi connectivity index (χ1) is 14.3. The van der Waals surface area contributed by atoms with E-state index in [1.165, 1.54) is 0 Å². The SMILES string of the molecule is CCOc1ccc(Nc2ncccc2C(=O)NCCCCN2CCOCC2)cc1. The summed E-state index contributed by atoms with van der Waals surface area (Å²) < 4.78 is 10.8. The number of nitrogens with zero attached hydrogens (tertiary/aromatic N) is 2. The Labute approximate surface area is 172 Å². The van der Waals surface area contributed by atoms with Crippen molar-refractivity contribution in [2.75, 3.05) is 51.3 Å². The molecule has 1 saturated heterocycles. The van der Waals surface area contributed by atoms with E-state index < -0.39 is 0 Å². The summed E-state index contributed by atoms with van der Waals surface area (Å²) in [5, 5.41) is 6.23. The van der Waals surface area contributed by atoms with E-state index >= 15 is 0 Å². The minimum atomic E-state index is -0.113. The lowest BCUT2D eigenvalue weighted by Crippen LogP contribution is -2.37. The summed E-state index contributed by atoms with van der Waals surface area (Å²) >= 11 is 0. The van der Waals surface area contributed by atoms with Crippen molar-refractivity contribution in [1.82, 2.24) is 15.2 Å². The second-order valence-electron chi connectivity index (χ2n) is 6.90. The number of hydrogen-bond donors (Lipinski definition) is 2. The summed E-state index contributed by atoms with van der Waals surface area (Å²) in [7, 11) is 0. The van der Waals surface area contributed by atoms with E-state index in [0.717, 1.165) is 57.1 Å². The molecule has 1 aliphatic heterocycles. The molecule has 29 heavy (non-hydrogen) atoms. The molecule has 1 aliphatic rings. The Morgan fingerprint density at radius 1 is 1.17 bits per heavy atom. The lowest BCUT2D eigenvalue weighted by molar-refractivity contribution is 0.0372. The molecule has 0 unspecified atom stereocenters. The number of aromatic nitrogens is 1. The first-order valence-corrected chi connectivity index (χ1v) is 10.3. The highest BCUT2D eigenvalue weighted by Crippen LogP contribution is 2.21. The molecule has 0 saturated carbocycles. The minimum absolute atomic E-state index is 0.113. The van der Waals surface area contributed by atoms with Crippen LogP contribution in [0.3, 0.4) is 0 Å². The summed E-state index contributed by atoms with van der Waals surface area (Å²) in [5.41, 5.74) is 1.39. The van der Waals surface area contributed by atoms with Crippen LogP contribution >= 0.6 is 0 Å². The molecule has 0 aliphatic carbocycles. The predicted molar refractivity (Wildman–Crippen MR) is 114 cm³/mol. The molecule has 1 aromatic heterocycles. The second kappa shape index (κ2) is 11.4. The molecule has 1 aromatic carbocycles. The Morgan fingerprint density at radius 2 is 1.97 bits per heavy atom. The summed E-state index contributed by atoms with van der Waals surface area (Å²) in [4.78, 5) is 19.4. The number of benzene rings is 1. The summed E-state index contributed by atoms with van der Waals surface area (Å²) in [6.45, 7) is 7.93. The van der Waals surface area contributed by atoms with Gasteiger partial charge in [0.1, 0.15) is 11.6 Å². The lowest BCUT2D eigenvalue weighted by atomic mass is 10.2. The van der Waals surface area contributed by atoms with Gasteiger partial charge in [0.05, 0.1) is 25.4 Å². The number of anilines is 2. The van der Waals surface area contributed by atoms with Gasteiger partial charge in [-0.25, -0.2) is 4.98 Å². The third-order valence-corrected chi connectivity index (χ3v) is 4.77. The van der Waals surface area contributed by atoms with Gasteiger partial charge >= 0.3 is 0 Å². The first-order valence-electron chi connectivity index (χ1n) is 10.3. The van der Waals surface area contributed by atoms with Crippen molar-refractivity contribution in [2.24, 2.45) is 0 Å². The van der Waals surface area contributed by atoms with Crippen molar-refractivity contribution < 1.29 is 14.3 Å². The Morgan fingerprint density at radius 3 is 2.72 bits per heavy atom. The number of carbonyl (C=O) groups excluding carboxylic acids is 1.